The van der Waals surface area contributed by atoms with E-state index in [1.165, 1.54) is 18.9 Å². The number of aliphatic carboxylic acids is 1. The summed E-state index contributed by atoms with van der Waals surface area (Å²) in [5, 5.41) is 8.74. The van der Waals surface area contributed by atoms with Crippen molar-refractivity contribution >= 4 is 12.0 Å². The van der Waals surface area contributed by atoms with Crippen LogP contribution in [0.2, 0.25) is 0 Å². The van der Waals surface area contributed by atoms with Crippen LogP contribution in [0.3, 0.4) is 0 Å². The van der Waals surface area contributed by atoms with Gasteiger partial charge in [0.25, 0.3) is 0 Å². The topological polar surface area (TPSA) is 65.0 Å². The minimum Gasteiger partial charge on any atom is -0.490 e. The first-order chi connectivity index (χ1) is 10.2. The zero-order valence-corrected chi connectivity index (χ0v) is 12.1. The third-order valence-electron chi connectivity index (χ3n) is 3.05. The van der Waals surface area contributed by atoms with Crippen LogP contribution in [0.25, 0.3) is 6.08 Å². The maximum atomic E-state index is 10.7. The van der Waals surface area contributed by atoms with Gasteiger partial charge in [-0.05, 0) is 37.8 Å². The van der Waals surface area contributed by atoms with E-state index >= 15 is 0 Å². The summed E-state index contributed by atoms with van der Waals surface area (Å²) in [7, 11) is 0. The Hall–Kier alpha value is -2.01. The number of rotatable bonds is 9. The van der Waals surface area contributed by atoms with Gasteiger partial charge in [0.2, 0.25) is 0 Å². The first-order valence-corrected chi connectivity index (χ1v) is 7.08. The molecule has 1 saturated carbocycles. The minimum atomic E-state index is -1.01. The van der Waals surface area contributed by atoms with Crippen LogP contribution in [0.5, 0.6) is 11.5 Å². The van der Waals surface area contributed by atoms with Gasteiger partial charge in [0.1, 0.15) is 0 Å². The summed E-state index contributed by atoms with van der Waals surface area (Å²) in [4.78, 5) is 10.7. The van der Waals surface area contributed by atoms with Gasteiger partial charge in [-0.25, -0.2) is 4.79 Å². The first kappa shape index (κ1) is 15.4. The Morgan fingerprint density at radius 1 is 1.38 bits per heavy atom. The van der Waals surface area contributed by atoms with E-state index in [-0.39, 0.29) is 6.79 Å². The summed E-state index contributed by atoms with van der Waals surface area (Å²) in [6, 6.07) is 5.36. The van der Waals surface area contributed by atoms with Crippen LogP contribution >= 0.6 is 0 Å². The second kappa shape index (κ2) is 7.69. The minimum absolute atomic E-state index is 0.133. The molecule has 0 heterocycles. The van der Waals surface area contributed by atoms with Crippen LogP contribution in [0.4, 0.5) is 0 Å². The molecule has 21 heavy (non-hydrogen) atoms. The number of para-hydroxylation sites is 1. The van der Waals surface area contributed by atoms with E-state index in [9.17, 15) is 4.79 Å². The SMILES string of the molecule is CCOc1cccc(/C=C/C(=O)O)c1OCOCC1CC1. The number of ether oxygens (including phenoxy) is 3. The van der Waals surface area contributed by atoms with Gasteiger partial charge in [-0.3, -0.25) is 0 Å². The molecule has 0 spiro atoms. The van der Waals surface area contributed by atoms with Crippen molar-refractivity contribution in [1.82, 2.24) is 0 Å². The Kier molecular flexibility index (Phi) is 5.63. The number of hydrogen-bond acceptors (Lipinski definition) is 4. The van der Waals surface area contributed by atoms with Crippen molar-refractivity contribution in [2.75, 3.05) is 20.0 Å². The Morgan fingerprint density at radius 3 is 2.86 bits per heavy atom. The maximum absolute atomic E-state index is 10.7. The molecule has 0 aliphatic heterocycles. The van der Waals surface area contributed by atoms with Crippen molar-refractivity contribution in [3.8, 4) is 11.5 Å². The lowest BCUT2D eigenvalue weighted by Gasteiger charge is -2.14. The van der Waals surface area contributed by atoms with Gasteiger partial charge < -0.3 is 19.3 Å². The van der Waals surface area contributed by atoms with Crippen LogP contribution in [0, 0.1) is 5.92 Å². The Morgan fingerprint density at radius 2 is 2.19 bits per heavy atom. The predicted octanol–water partition coefficient (Wildman–Crippen LogP) is 2.95. The lowest BCUT2D eigenvalue weighted by Crippen LogP contribution is -2.07. The van der Waals surface area contributed by atoms with Gasteiger partial charge in [0.15, 0.2) is 18.3 Å². The second-order valence-corrected chi connectivity index (χ2v) is 4.86. The van der Waals surface area contributed by atoms with Gasteiger partial charge >= 0.3 is 5.97 Å². The van der Waals surface area contributed by atoms with E-state index in [1.54, 1.807) is 18.2 Å². The molecule has 1 fully saturated rings. The fourth-order valence-electron chi connectivity index (χ4n) is 1.85. The molecule has 1 aromatic carbocycles. The summed E-state index contributed by atoms with van der Waals surface area (Å²) in [6.45, 7) is 3.23. The fourth-order valence-corrected chi connectivity index (χ4v) is 1.85. The second-order valence-electron chi connectivity index (χ2n) is 4.86. The van der Waals surface area contributed by atoms with Crippen LogP contribution in [-0.2, 0) is 9.53 Å². The molecule has 1 aliphatic carbocycles. The number of carboxylic acids is 1. The standard InChI is InChI=1S/C16H20O5/c1-2-20-14-5-3-4-13(8-9-15(17)18)16(14)21-11-19-10-12-6-7-12/h3-5,8-9,12H,2,6-7,10-11H2,1H3,(H,17,18)/b9-8+. The molecule has 1 aromatic rings. The lowest BCUT2D eigenvalue weighted by atomic mass is 10.1. The first-order valence-electron chi connectivity index (χ1n) is 7.08. The summed E-state index contributed by atoms with van der Waals surface area (Å²) < 4.78 is 16.6. The van der Waals surface area contributed by atoms with E-state index in [2.05, 4.69) is 0 Å². The van der Waals surface area contributed by atoms with E-state index in [0.29, 0.717) is 36.2 Å². The van der Waals surface area contributed by atoms with Crippen LogP contribution < -0.4 is 9.47 Å². The average Bonchev–Trinajstić information content (AvgIpc) is 3.27. The molecular formula is C16H20O5. The summed E-state index contributed by atoms with van der Waals surface area (Å²) in [6.07, 6.45) is 5.01. The van der Waals surface area contributed by atoms with Crippen molar-refractivity contribution < 1.29 is 24.1 Å². The van der Waals surface area contributed by atoms with Crippen LogP contribution in [0.1, 0.15) is 25.3 Å². The van der Waals surface area contributed by atoms with E-state index in [1.807, 2.05) is 6.92 Å². The van der Waals surface area contributed by atoms with E-state index in [4.69, 9.17) is 19.3 Å². The van der Waals surface area contributed by atoms with Gasteiger partial charge in [0, 0.05) is 11.6 Å². The fraction of sp³-hybridized carbons (Fsp3) is 0.438. The smallest absolute Gasteiger partial charge is 0.328 e. The monoisotopic (exact) mass is 292 g/mol. The predicted molar refractivity (Wildman–Crippen MR) is 78.5 cm³/mol. The molecule has 0 amide bonds. The molecule has 5 heteroatoms. The Bertz CT molecular complexity index is 505. The molecule has 1 aliphatic rings. The molecule has 0 bridgehead atoms. The number of carbonyl (C=O) groups is 1. The number of benzene rings is 1. The molecule has 5 nitrogen and oxygen atoms in total. The van der Waals surface area contributed by atoms with Crippen molar-refractivity contribution in [3.05, 3.63) is 29.8 Å². The van der Waals surface area contributed by atoms with Gasteiger partial charge in [0.05, 0.1) is 13.2 Å². The molecule has 0 unspecified atom stereocenters. The molecule has 0 saturated heterocycles. The van der Waals surface area contributed by atoms with Crippen molar-refractivity contribution in [3.63, 3.8) is 0 Å². The summed E-state index contributed by atoms with van der Waals surface area (Å²) >= 11 is 0. The maximum Gasteiger partial charge on any atom is 0.328 e. The van der Waals surface area contributed by atoms with Gasteiger partial charge in [-0.15, -0.1) is 0 Å². The normalized spacial score (nSPS) is 14.3. The molecule has 2 rings (SSSR count). The van der Waals surface area contributed by atoms with Crippen molar-refractivity contribution in [2.45, 2.75) is 19.8 Å². The summed E-state index contributed by atoms with van der Waals surface area (Å²) in [5.74, 6) is 0.752. The number of carboxylic acid groups (broad SMARTS) is 1. The third-order valence-corrected chi connectivity index (χ3v) is 3.05. The number of hydrogen-bond donors (Lipinski definition) is 1. The molecule has 0 radical (unpaired) electrons. The van der Waals surface area contributed by atoms with Crippen molar-refractivity contribution in [2.24, 2.45) is 5.92 Å². The van der Waals surface area contributed by atoms with Crippen LogP contribution in [-0.4, -0.2) is 31.1 Å². The zero-order chi connectivity index (χ0) is 15.1. The molecular weight excluding hydrogens is 272 g/mol. The largest absolute Gasteiger partial charge is 0.490 e. The van der Waals surface area contributed by atoms with Gasteiger partial charge in [-0.1, -0.05) is 12.1 Å². The molecule has 1 N–H and O–H groups in total. The highest BCUT2D eigenvalue weighted by molar-refractivity contribution is 5.86. The third kappa shape index (κ3) is 5.11. The highest BCUT2D eigenvalue weighted by Gasteiger charge is 2.21. The van der Waals surface area contributed by atoms with Gasteiger partial charge in [-0.2, -0.15) is 0 Å². The average molecular weight is 292 g/mol. The molecule has 114 valence electrons. The zero-order valence-electron chi connectivity index (χ0n) is 12.1. The molecule has 0 atom stereocenters. The Labute approximate surface area is 124 Å². The lowest BCUT2D eigenvalue weighted by molar-refractivity contribution is -0.131. The van der Waals surface area contributed by atoms with Crippen molar-refractivity contribution in [1.29, 1.82) is 0 Å². The Balaban J connectivity index is 2.05. The quantitative estimate of drug-likeness (QED) is 0.430. The van der Waals surface area contributed by atoms with E-state index in [0.717, 1.165) is 6.08 Å². The highest BCUT2D eigenvalue weighted by Crippen LogP contribution is 2.33. The highest BCUT2D eigenvalue weighted by atomic mass is 16.7. The van der Waals surface area contributed by atoms with E-state index < -0.39 is 5.97 Å². The van der Waals surface area contributed by atoms with Crippen LogP contribution in [0.15, 0.2) is 24.3 Å². The summed E-state index contributed by atoms with van der Waals surface area (Å²) in [5.41, 5.74) is 0.651. The molecule has 0 aromatic heterocycles.